The van der Waals surface area contributed by atoms with E-state index in [4.69, 9.17) is 4.74 Å². The highest BCUT2D eigenvalue weighted by Crippen LogP contribution is 2.30. The van der Waals surface area contributed by atoms with Crippen molar-refractivity contribution in [1.29, 1.82) is 0 Å². The van der Waals surface area contributed by atoms with E-state index in [2.05, 4.69) is 21.2 Å². The molecule has 0 atom stereocenters. The van der Waals surface area contributed by atoms with Gasteiger partial charge in [-0.15, -0.1) is 0 Å². The number of para-hydroxylation sites is 1. The van der Waals surface area contributed by atoms with E-state index in [9.17, 15) is 4.39 Å². The van der Waals surface area contributed by atoms with Gasteiger partial charge in [-0.25, -0.2) is 4.39 Å². The van der Waals surface area contributed by atoms with Gasteiger partial charge in [-0.1, -0.05) is 19.1 Å². The monoisotopic (exact) mass is 323 g/mol. The van der Waals surface area contributed by atoms with E-state index in [0.717, 1.165) is 16.6 Å². The Morgan fingerprint density at radius 3 is 2.74 bits per heavy atom. The van der Waals surface area contributed by atoms with Gasteiger partial charge in [-0.3, -0.25) is 0 Å². The van der Waals surface area contributed by atoms with E-state index < -0.39 is 0 Å². The lowest BCUT2D eigenvalue weighted by atomic mass is 10.2. The predicted molar refractivity (Wildman–Crippen MR) is 78.0 cm³/mol. The summed E-state index contributed by atoms with van der Waals surface area (Å²) in [4.78, 5) is 0. The predicted octanol–water partition coefficient (Wildman–Crippen LogP) is 4.49. The van der Waals surface area contributed by atoms with Gasteiger partial charge < -0.3 is 10.1 Å². The van der Waals surface area contributed by atoms with Crippen LogP contribution >= 0.6 is 15.9 Å². The van der Waals surface area contributed by atoms with Crippen LogP contribution in [0.15, 0.2) is 46.9 Å². The van der Waals surface area contributed by atoms with Crippen LogP contribution in [0.5, 0.6) is 11.5 Å². The van der Waals surface area contributed by atoms with Crippen molar-refractivity contribution in [3.05, 3.63) is 58.3 Å². The first-order valence-corrected chi connectivity index (χ1v) is 6.91. The highest BCUT2D eigenvalue weighted by Gasteiger charge is 2.05. The van der Waals surface area contributed by atoms with Crippen LogP contribution < -0.4 is 10.1 Å². The lowest BCUT2D eigenvalue weighted by molar-refractivity contribution is 0.472. The molecular formula is C15H15BrFNO. The maximum Gasteiger partial charge on any atom is 0.141 e. The molecule has 1 N–H and O–H groups in total. The first kappa shape index (κ1) is 14.0. The zero-order valence-electron chi connectivity index (χ0n) is 10.6. The number of ether oxygens (including phenoxy) is 1. The molecule has 2 rings (SSSR count). The van der Waals surface area contributed by atoms with Crippen molar-refractivity contribution in [2.45, 2.75) is 13.5 Å². The minimum Gasteiger partial charge on any atom is -0.456 e. The summed E-state index contributed by atoms with van der Waals surface area (Å²) in [6.45, 7) is 3.48. The average molecular weight is 324 g/mol. The Morgan fingerprint density at radius 1 is 1.21 bits per heavy atom. The Labute approximate surface area is 120 Å². The molecule has 2 nitrogen and oxygen atoms in total. The Bertz CT molecular complexity index is 560. The fourth-order valence-corrected chi connectivity index (χ4v) is 2.07. The third kappa shape index (κ3) is 4.04. The fraction of sp³-hybridized carbons (Fsp3) is 0.200. The molecule has 0 radical (unpaired) electrons. The summed E-state index contributed by atoms with van der Waals surface area (Å²) < 4.78 is 20.1. The summed E-state index contributed by atoms with van der Waals surface area (Å²) in [5.41, 5.74) is 0.865. The Morgan fingerprint density at radius 2 is 2.00 bits per heavy atom. The molecule has 19 heavy (non-hydrogen) atoms. The van der Waals surface area contributed by atoms with Crippen LogP contribution in [0.25, 0.3) is 0 Å². The van der Waals surface area contributed by atoms with E-state index in [1.54, 1.807) is 0 Å². The zero-order chi connectivity index (χ0) is 13.7. The normalized spacial score (nSPS) is 10.5. The quantitative estimate of drug-likeness (QED) is 0.875. The van der Waals surface area contributed by atoms with Gasteiger partial charge in [0, 0.05) is 12.6 Å². The van der Waals surface area contributed by atoms with E-state index in [-0.39, 0.29) is 5.82 Å². The first-order valence-electron chi connectivity index (χ1n) is 6.11. The third-order valence-corrected chi connectivity index (χ3v) is 3.23. The molecule has 0 heterocycles. The number of hydrogen-bond donors (Lipinski definition) is 1. The minimum atomic E-state index is -0.294. The van der Waals surface area contributed by atoms with Crippen LogP contribution in [-0.4, -0.2) is 6.54 Å². The number of hydrogen-bond acceptors (Lipinski definition) is 2. The highest BCUT2D eigenvalue weighted by molar-refractivity contribution is 9.10. The molecule has 0 unspecified atom stereocenters. The summed E-state index contributed by atoms with van der Waals surface area (Å²) in [7, 11) is 0. The van der Waals surface area contributed by atoms with E-state index in [1.807, 2.05) is 37.3 Å². The van der Waals surface area contributed by atoms with Crippen LogP contribution in [0, 0.1) is 5.82 Å². The van der Waals surface area contributed by atoms with Crippen molar-refractivity contribution in [2.75, 3.05) is 6.54 Å². The second-order valence-corrected chi connectivity index (χ2v) is 4.96. The number of halogens is 2. The summed E-state index contributed by atoms with van der Waals surface area (Å²) >= 11 is 3.40. The van der Waals surface area contributed by atoms with Gasteiger partial charge in [0.15, 0.2) is 0 Å². The van der Waals surface area contributed by atoms with Gasteiger partial charge in [0.1, 0.15) is 17.3 Å². The van der Waals surface area contributed by atoms with Crippen LogP contribution in [-0.2, 0) is 6.54 Å². The molecule has 0 saturated heterocycles. The van der Waals surface area contributed by atoms with Gasteiger partial charge in [-0.2, -0.15) is 0 Å². The van der Waals surface area contributed by atoms with Gasteiger partial charge in [-0.05, 0) is 52.3 Å². The van der Waals surface area contributed by atoms with Crippen molar-refractivity contribution in [3.8, 4) is 11.5 Å². The van der Waals surface area contributed by atoms with Crippen molar-refractivity contribution in [2.24, 2.45) is 0 Å². The molecule has 0 aliphatic heterocycles. The molecule has 0 fully saturated rings. The molecule has 0 aliphatic rings. The lowest BCUT2D eigenvalue weighted by Gasteiger charge is -2.10. The topological polar surface area (TPSA) is 21.3 Å². The second kappa shape index (κ2) is 6.68. The Kier molecular flexibility index (Phi) is 4.93. The molecule has 4 heteroatoms. The summed E-state index contributed by atoms with van der Waals surface area (Å²) in [6, 6.07) is 12.2. The minimum absolute atomic E-state index is 0.294. The van der Waals surface area contributed by atoms with Crippen LogP contribution in [0.1, 0.15) is 12.5 Å². The SMILES string of the molecule is CCNCc1cc(F)cc(Oc2ccccc2Br)c1. The van der Waals surface area contributed by atoms with Gasteiger partial charge in [0.05, 0.1) is 4.47 Å². The zero-order valence-corrected chi connectivity index (χ0v) is 12.2. The highest BCUT2D eigenvalue weighted by atomic mass is 79.9. The summed E-state index contributed by atoms with van der Waals surface area (Å²) in [5.74, 6) is 0.875. The first-order chi connectivity index (χ1) is 9.19. The van der Waals surface area contributed by atoms with E-state index >= 15 is 0 Å². The number of benzene rings is 2. The summed E-state index contributed by atoms with van der Waals surface area (Å²) in [6.07, 6.45) is 0. The van der Waals surface area contributed by atoms with Gasteiger partial charge in [0.2, 0.25) is 0 Å². The molecule has 2 aromatic rings. The molecular weight excluding hydrogens is 309 g/mol. The van der Waals surface area contributed by atoms with Crippen molar-refractivity contribution in [1.82, 2.24) is 5.32 Å². The maximum atomic E-state index is 13.5. The van der Waals surface area contributed by atoms with Gasteiger partial charge in [0.25, 0.3) is 0 Å². The fourth-order valence-electron chi connectivity index (χ4n) is 1.71. The maximum absolute atomic E-state index is 13.5. The lowest BCUT2D eigenvalue weighted by Crippen LogP contribution is -2.11. The molecule has 0 aromatic heterocycles. The van der Waals surface area contributed by atoms with E-state index in [0.29, 0.717) is 18.0 Å². The van der Waals surface area contributed by atoms with Crippen LogP contribution in [0.2, 0.25) is 0 Å². The molecule has 0 saturated carbocycles. The molecule has 100 valence electrons. The number of nitrogens with one attached hydrogen (secondary N) is 1. The molecule has 0 spiro atoms. The van der Waals surface area contributed by atoms with Crippen molar-refractivity contribution >= 4 is 15.9 Å². The largest absolute Gasteiger partial charge is 0.456 e. The van der Waals surface area contributed by atoms with Crippen LogP contribution in [0.4, 0.5) is 4.39 Å². The smallest absolute Gasteiger partial charge is 0.141 e. The third-order valence-electron chi connectivity index (χ3n) is 2.57. The Balaban J connectivity index is 2.20. The Hall–Kier alpha value is -1.39. The van der Waals surface area contributed by atoms with Crippen molar-refractivity contribution < 1.29 is 9.13 Å². The standard InChI is InChI=1S/C15H15BrFNO/c1-2-18-10-11-7-12(17)9-13(8-11)19-15-6-4-3-5-14(15)16/h3-9,18H,2,10H2,1H3. The van der Waals surface area contributed by atoms with Gasteiger partial charge >= 0.3 is 0 Å². The molecule has 0 amide bonds. The second-order valence-electron chi connectivity index (χ2n) is 4.11. The number of rotatable bonds is 5. The molecule has 0 aliphatic carbocycles. The van der Waals surface area contributed by atoms with Crippen LogP contribution in [0.3, 0.4) is 0 Å². The molecule has 2 aromatic carbocycles. The average Bonchev–Trinajstić information content (AvgIpc) is 2.38. The summed E-state index contributed by atoms with van der Waals surface area (Å²) in [5, 5.41) is 3.16. The van der Waals surface area contributed by atoms with E-state index in [1.165, 1.54) is 12.1 Å². The van der Waals surface area contributed by atoms with Crippen molar-refractivity contribution in [3.63, 3.8) is 0 Å². The molecule has 0 bridgehead atoms.